The Morgan fingerprint density at radius 2 is 2.23 bits per heavy atom. The van der Waals surface area contributed by atoms with Gasteiger partial charge in [0.05, 0.1) is 5.92 Å². The quantitative estimate of drug-likeness (QED) is 0.715. The molecule has 0 amide bonds. The number of hydrogen-bond donors (Lipinski definition) is 0. The van der Waals surface area contributed by atoms with Crippen molar-refractivity contribution in [2.75, 3.05) is 6.61 Å². The zero-order valence-corrected chi connectivity index (χ0v) is 9.39. The second-order valence-corrected chi connectivity index (χ2v) is 4.40. The van der Waals surface area contributed by atoms with E-state index in [2.05, 4.69) is 15.9 Å². The topological polar surface area (TPSA) is 43.4 Å². The number of halogens is 1. The molecule has 1 heterocycles. The van der Waals surface area contributed by atoms with Crippen LogP contribution < -0.4 is 0 Å². The Balaban J connectivity index is 2.87. The van der Waals surface area contributed by atoms with Gasteiger partial charge < -0.3 is 4.74 Å². The van der Waals surface area contributed by atoms with Gasteiger partial charge in [-0.3, -0.25) is 9.59 Å². The van der Waals surface area contributed by atoms with Gasteiger partial charge in [0.15, 0.2) is 10.3 Å². The van der Waals surface area contributed by atoms with Gasteiger partial charge in [0.25, 0.3) is 0 Å². The van der Waals surface area contributed by atoms with Gasteiger partial charge in [-0.2, -0.15) is 0 Å². The second kappa shape index (κ2) is 3.88. The number of ketones is 2. The zero-order chi connectivity index (χ0) is 10.1. The number of hydrogen-bond acceptors (Lipinski definition) is 3. The molecular formula is C9H13BrO3. The molecule has 0 N–H and O–H groups in total. The lowest BCUT2D eigenvalue weighted by Crippen LogP contribution is -2.40. The molecule has 0 aromatic rings. The molecule has 4 heteroatoms. The number of rotatable bonds is 3. The molecule has 1 rings (SSSR count). The molecule has 1 aliphatic rings. The van der Waals surface area contributed by atoms with E-state index < -0.39 is 4.51 Å². The zero-order valence-electron chi connectivity index (χ0n) is 7.80. The van der Waals surface area contributed by atoms with Crippen molar-refractivity contribution in [1.29, 1.82) is 0 Å². The Labute approximate surface area is 86.0 Å². The summed E-state index contributed by atoms with van der Waals surface area (Å²) < 4.78 is 4.28. The summed E-state index contributed by atoms with van der Waals surface area (Å²) >= 11 is 3.25. The lowest BCUT2D eigenvalue weighted by molar-refractivity contribution is -0.136. The van der Waals surface area contributed by atoms with Crippen molar-refractivity contribution in [3.63, 3.8) is 0 Å². The van der Waals surface area contributed by atoms with E-state index in [0.717, 1.165) is 0 Å². The molecule has 0 aliphatic carbocycles. The van der Waals surface area contributed by atoms with E-state index in [-0.39, 0.29) is 17.5 Å². The van der Waals surface area contributed by atoms with Crippen LogP contribution in [0.5, 0.6) is 0 Å². The van der Waals surface area contributed by atoms with Gasteiger partial charge >= 0.3 is 0 Å². The summed E-state index contributed by atoms with van der Waals surface area (Å²) in [6.07, 6.45) is 1.02. The lowest BCUT2D eigenvalue weighted by Gasteiger charge is -2.24. The van der Waals surface area contributed by atoms with E-state index in [4.69, 9.17) is 4.74 Å². The first-order chi connectivity index (χ1) is 6.02. The summed E-state index contributed by atoms with van der Waals surface area (Å²) in [5.74, 6) is -0.360. The number of carbonyl (C=O) groups is 2. The molecule has 2 unspecified atom stereocenters. The van der Waals surface area contributed by atoms with E-state index in [9.17, 15) is 9.59 Å². The molecule has 0 saturated carbocycles. The van der Waals surface area contributed by atoms with E-state index >= 15 is 0 Å². The maximum atomic E-state index is 11.5. The first-order valence-corrected chi connectivity index (χ1v) is 5.18. The van der Waals surface area contributed by atoms with E-state index in [0.29, 0.717) is 19.4 Å². The maximum Gasteiger partial charge on any atom is 0.190 e. The normalized spacial score (nSPS) is 33.3. The Morgan fingerprint density at radius 3 is 2.69 bits per heavy atom. The average Bonchev–Trinajstić information content (AvgIpc) is 2.47. The van der Waals surface area contributed by atoms with Crippen molar-refractivity contribution in [2.45, 2.75) is 31.2 Å². The van der Waals surface area contributed by atoms with Gasteiger partial charge in [-0.15, -0.1) is 0 Å². The highest BCUT2D eigenvalue weighted by Gasteiger charge is 2.49. The minimum atomic E-state index is -1.03. The van der Waals surface area contributed by atoms with Crippen LogP contribution >= 0.6 is 15.9 Å². The third kappa shape index (κ3) is 1.83. The predicted molar refractivity (Wildman–Crippen MR) is 51.7 cm³/mol. The molecule has 0 aromatic heterocycles. The molecule has 0 aromatic carbocycles. The third-order valence-electron chi connectivity index (χ3n) is 2.36. The molecule has 74 valence electrons. The molecular weight excluding hydrogens is 236 g/mol. The molecule has 2 atom stereocenters. The highest BCUT2D eigenvalue weighted by atomic mass is 79.9. The molecule has 1 saturated heterocycles. The monoisotopic (exact) mass is 248 g/mol. The van der Waals surface area contributed by atoms with Crippen LogP contribution in [-0.4, -0.2) is 22.7 Å². The van der Waals surface area contributed by atoms with Crippen LogP contribution in [0.25, 0.3) is 0 Å². The van der Waals surface area contributed by atoms with Gasteiger partial charge in [-0.05, 0) is 29.3 Å². The van der Waals surface area contributed by atoms with Crippen molar-refractivity contribution < 1.29 is 14.3 Å². The summed E-state index contributed by atoms with van der Waals surface area (Å²) in [6, 6.07) is 0. The van der Waals surface area contributed by atoms with Gasteiger partial charge in [0.1, 0.15) is 5.78 Å². The molecule has 1 fully saturated rings. The molecule has 1 aliphatic heterocycles. The number of ether oxygens (including phenoxy) is 1. The van der Waals surface area contributed by atoms with Gasteiger partial charge in [0, 0.05) is 13.0 Å². The largest absolute Gasteiger partial charge is 0.355 e. The Hall–Kier alpha value is -0.220. The molecule has 0 radical (unpaired) electrons. The first kappa shape index (κ1) is 10.9. The van der Waals surface area contributed by atoms with Crippen LogP contribution in [0.1, 0.15) is 26.7 Å². The first-order valence-electron chi connectivity index (χ1n) is 4.39. The predicted octanol–water partition coefficient (Wildman–Crippen LogP) is 1.68. The van der Waals surface area contributed by atoms with Gasteiger partial charge in [-0.25, -0.2) is 0 Å². The molecule has 0 spiro atoms. The molecule has 3 nitrogen and oxygen atoms in total. The van der Waals surface area contributed by atoms with E-state index in [1.807, 2.05) is 0 Å². The summed E-state index contributed by atoms with van der Waals surface area (Å²) in [5, 5.41) is 0. The smallest absolute Gasteiger partial charge is 0.190 e. The molecule has 13 heavy (non-hydrogen) atoms. The summed E-state index contributed by atoms with van der Waals surface area (Å²) in [5.41, 5.74) is 0. The SMILES string of the molecule is CCC(=O)C1(Br)OCCC1C(C)=O. The van der Waals surface area contributed by atoms with E-state index in [1.54, 1.807) is 6.92 Å². The van der Waals surface area contributed by atoms with E-state index in [1.165, 1.54) is 6.92 Å². The van der Waals surface area contributed by atoms with Crippen LogP contribution in [0.4, 0.5) is 0 Å². The van der Waals surface area contributed by atoms with Crippen LogP contribution in [0.3, 0.4) is 0 Å². The van der Waals surface area contributed by atoms with Crippen LogP contribution in [0.15, 0.2) is 0 Å². The fraction of sp³-hybridized carbons (Fsp3) is 0.778. The lowest BCUT2D eigenvalue weighted by atomic mass is 9.93. The Morgan fingerprint density at radius 1 is 1.62 bits per heavy atom. The third-order valence-corrected chi connectivity index (χ3v) is 3.58. The summed E-state index contributed by atoms with van der Waals surface area (Å²) in [6.45, 7) is 3.74. The Bertz CT molecular complexity index is 239. The number of alkyl halides is 1. The second-order valence-electron chi connectivity index (χ2n) is 3.22. The van der Waals surface area contributed by atoms with Crippen LogP contribution in [0, 0.1) is 5.92 Å². The molecule has 0 bridgehead atoms. The fourth-order valence-corrected chi connectivity index (χ4v) is 2.59. The van der Waals surface area contributed by atoms with Crippen molar-refractivity contribution in [1.82, 2.24) is 0 Å². The van der Waals surface area contributed by atoms with Crippen molar-refractivity contribution in [3.05, 3.63) is 0 Å². The fourth-order valence-electron chi connectivity index (χ4n) is 1.59. The van der Waals surface area contributed by atoms with Crippen molar-refractivity contribution in [3.8, 4) is 0 Å². The Kier molecular flexibility index (Phi) is 3.24. The number of carbonyl (C=O) groups excluding carboxylic acids is 2. The van der Waals surface area contributed by atoms with Crippen molar-refractivity contribution >= 4 is 27.5 Å². The minimum Gasteiger partial charge on any atom is -0.355 e. The highest BCUT2D eigenvalue weighted by molar-refractivity contribution is 9.10. The van der Waals surface area contributed by atoms with Crippen LogP contribution in [0.2, 0.25) is 0 Å². The average molecular weight is 249 g/mol. The number of Topliss-reactive ketones (excluding diaryl/α,β-unsaturated/α-hetero) is 2. The maximum absolute atomic E-state index is 11.5. The van der Waals surface area contributed by atoms with Gasteiger partial charge in [-0.1, -0.05) is 6.92 Å². The minimum absolute atomic E-state index is 0.0103. The summed E-state index contributed by atoms with van der Waals surface area (Å²) in [4.78, 5) is 22.7. The van der Waals surface area contributed by atoms with Crippen molar-refractivity contribution in [2.24, 2.45) is 5.92 Å². The van der Waals surface area contributed by atoms with Gasteiger partial charge in [0.2, 0.25) is 0 Å². The highest BCUT2D eigenvalue weighted by Crippen LogP contribution is 2.39. The van der Waals surface area contributed by atoms with Crippen LogP contribution in [-0.2, 0) is 14.3 Å². The summed E-state index contributed by atoms with van der Waals surface area (Å²) in [7, 11) is 0. The standard InChI is InChI=1S/C9H13BrO3/c1-3-8(12)9(10)7(6(2)11)4-5-13-9/h7H,3-5H2,1-2H3.